The number of nitrogens with zero attached hydrogens (tertiary/aromatic N) is 1. The molecule has 0 radical (unpaired) electrons. The highest BCUT2D eigenvalue weighted by Crippen LogP contribution is 2.25. The van der Waals surface area contributed by atoms with Gasteiger partial charge in [0.25, 0.3) is 0 Å². The summed E-state index contributed by atoms with van der Waals surface area (Å²) in [4.78, 5) is 11.8. The quantitative estimate of drug-likeness (QED) is 0.784. The molecule has 0 atom stereocenters. The molecule has 0 aromatic heterocycles. The molecule has 1 saturated carbocycles. The van der Waals surface area contributed by atoms with Crippen molar-refractivity contribution in [3.8, 4) is 0 Å². The molecule has 100 valence electrons. The molecular weight excluding hydrogens is 254 g/mol. The summed E-state index contributed by atoms with van der Waals surface area (Å²) in [6.45, 7) is 0.205. The molecule has 1 aliphatic heterocycles. The molecule has 0 N–H and O–H groups in total. The predicted octanol–water partition coefficient (Wildman–Crippen LogP) is 1.74. The Labute approximate surface area is 107 Å². The van der Waals surface area contributed by atoms with Gasteiger partial charge in [-0.3, -0.25) is 4.79 Å². The number of rotatable bonds is 3. The zero-order chi connectivity index (χ0) is 13.0. The van der Waals surface area contributed by atoms with Crippen LogP contribution in [0.1, 0.15) is 32.1 Å². The summed E-state index contributed by atoms with van der Waals surface area (Å²) in [6.07, 6.45) is 10.9. The van der Waals surface area contributed by atoms with Gasteiger partial charge in [-0.05, 0) is 18.9 Å². The van der Waals surface area contributed by atoms with Gasteiger partial charge in [-0.25, -0.2) is 4.31 Å². The van der Waals surface area contributed by atoms with E-state index in [0.29, 0.717) is 0 Å². The Morgan fingerprint density at radius 2 is 1.89 bits per heavy atom. The average Bonchev–Trinajstić information content (AvgIpc) is 2.40. The lowest BCUT2D eigenvalue weighted by Gasteiger charge is -2.23. The summed E-state index contributed by atoms with van der Waals surface area (Å²) >= 11 is 0. The van der Waals surface area contributed by atoms with Crippen LogP contribution in [0.4, 0.5) is 0 Å². The van der Waals surface area contributed by atoms with Crippen molar-refractivity contribution < 1.29 is 17.4 Å². The Morgan fingerprint density at radius 1 is 1.17 bits per heavy atom. The van der Waals surface area contributed by atoms with Gasteiger partial charge in [0.05, 0.1) is 12.5 Å². The van der Waals surface area contributed by atoms with Crippen molar-refractivity contribution in [3.63, 3.8) is 0 Å². The van der Waals surface area contributed by atoms with E-state index in [0.717, 1.165) is 36.4 Å². The third-order valence-electron chi connectivity index (χ3n) is 3.20. The first kappa shape index (κ1) is 13.1. The molecule has 2 rings (SSSR count). The van der Waals surface area contributed by atoms with Gasteiger partial charge in [0.1, 0.15) is 0 Å². The molecule has 2 aliphatic rings. The largest absolute Gasteiger partial charge is 0.412 e. The van der Waals surface area contributed by atoms with Crippen molar-refractivity contribution in [2.45, 2.75) is 32.1 Å². The minimum absolute atomic E-state index is 0.205. The van der Waals surface area contributed by atoms with Gasteiger partial charge in [-0.15, -0.1) is 0 Å². The van der Waals surface area contributed by atoms with Crippen molar-refractivity contribution >= 4 is 16.3 Å². The van der Waals surface area contributed by atoms with E-state index in [1.54, 1.807) is 18.2 Å². The molecule has 0 spiro atoms. The van der Waals surface area contributed by atoms with Gasteiger partial charge >= 0.3 is 16.3 Å². The van der Waals surface area contributed by atoms with Crippen LogP contribution in [-0.4, -0.2) is 25.2 Å². The maximum atomic E-state index is 11.8. The van der Waals surface area contributed by atoms with Crippen LogP contribution in [0.25, 0.3) is 0 Å². The minimum atomic E-state index is -3.99. The Bertz CT molecular complexity index is 460. The molecule has 0 amide bonds. The molecule has 1 aliphatic carbocycles. The van der Waals surface area contributed by atoms with Crippen LogP contribution in [0.2, 0.25) is 0 Å². The van der Waals surface area contributed by atoms with Crippen molar-refractivity contribution in [1.29, 1.82) is 0 Å². The van der Waals surface area contributed by atoms with E-state index in [-0.39, 0.29) is 12.5 Å². The first-order valence-corrected chi connectivity index (χ1v) is 7.54. The topological polar surface area (TPSA) is 63.7 Å². The molecule has 1 fully saturated rings. The molecule has 0 aromatic rings. The van der Waals surface area contributed by atoms with Crippen LogP contribution in [0, 0.1) is 5.92 Å². The number of hydrogen-bond donors (Lipinski definition) is 0. The Kier molecular flexibility index (Phi) is 4.06. The number of hydrogen-bond acceptors (Lipinski definition) is 4. The van der Waals surface area contributed by atoms with Crippen LogP contribution in [0.5, 0.6) is 0 Å². The SMILES string of the molecule is O=C(OS(=O)(=O)N1C=CC=CC1)C1CCCCC1. The first-order valence-electron chi connectivity index (χ1n) is 6.18. The lowest BCUT2D eigenvalue weighted by molar-refractivity contribution is -0.139. The lowest BCUT2D eigenvalue weighted by Crippen LogP contribution is -2.33. The third kappa shape index (κ3) is 3.13. The Hall–Kier alpha value is -1.30. The van der Waals surface area contributed by atoms with E-state index in [1.807, 2.05) is 0 Å². The number of allylic oxidation sites excluding steroid dienone is 2. The lowest BCUT2D eigenvalue weighted by atomic mass is 9.90. The van der Waals surface area contributed by atoms with Crippen molar-refractivity contribution in [3.05, 3.63) is 24.4 Å². The maximum absolute atomic E-state index is 11.8. The fourth-order valence-electron chi connectivity index (χ4n) is 2.17. The first-order chi connectivity index (χ1) is 8.59. The van der Waals surface area contributed by atoms with E-state index in [4.69, 9.17) is 4.18 Å². The second-order valence-corrected chi connectivity index (χ2v) is 6.03. The van der Waals surface area contributed by atoms with Gasteiger partial charge in [0.2, 0.25) is 0 Å². The van der Waals surface area contributed by atoms with Gasteiger partial charge in [0.15, 0.2) is 0 Å². The van der Waals surface area contributed by atoms with Crippen LogP contribution in [0.3, 0.4) is 0 Å². The van der Waals surface area contributed by atoms with Crippen molar-refractivity contribution in [1.82, 2.24) is 4.31 Å². The van der Waals surface area contributed by atoms with Crippen LogP contribution >= 0.6 is 0 Å². The normalized spacial score (nSPS) is 21.0. The van der Waals surface area contributed by atoms with Crippen molar-refractivity contribution in [2.24, 2.45) is 5.92 Å². The second kappa shape index (κ2) is 5.56. The van der Waals surface area contributed by atoms with Gasteiger partial charge in [-0.2, -0.15) is 8.42 Å². The van der Waals surface area contributed by atoms with Gasteiger partial charge < -0.3 is 4.18 Å². The Morgan fingerprint density at radius 3 is 2.50 bits per heavy atom. The van der Waals surface area contributed by atoms with E-state index in [9.17, 15) is 13.2 Å². The third-order valence-corrected chi connectivity index (χ3v) is 4.42. The number of carbonyl (C=O) groups excluding carboxylic acids is 1. The van der Waals surface area contributed by atoms with E-state index >= 15 is 0 Å². The highest BCUT2D eigenvalue weighted by Gasteiger charge is 2.29. The molecule has 0 bridgehead atoms. The second-order valence-electron chi connectivity index (χ2n) is 4.53. The molecule has 6 heteroatoms. The molecule has 18 heavy (non-hydrogen) atoms. The maximum Gasteiger partial charge on any atom is 0.412 e. The van der Waals surface area contributed by atoms with Gasteiger partial charge in [-0.1, -0.05) is 31.4 Å². The molecule has 0 aromatic carbocycles. The molecule has 5 nitrogen and oxygen atoms in total. The fraction of sp³-hybridized carbons (Fsp3) is 0.583. The molecule has 0 saturated heterocycles. The smallest absolute Gasteiger partial charge is 0.330 e. The van der Waals surface area contributed by atoms with E-state index in [1.165, 1.54) is 6.20 Å². The minimum Gasteiger partial charge on any atom is -0.330 e. The molecule has 0 unspecified atom stereocenters. The Balaban J connectivity index is 1.97. The van der Waals surface area contributed by atoms with Crippen LogP contribution < -0.4 is 0 Å². The highest BCUT2D eigenvalue weighted by molar-refractivity contribution is 7.84. The van der Waals surface area contributed by atoms with E-state index < -0.39 is 16.3 Å². The molecule has 1 heterocycles. The predicted molar refractivity (Wildman–Crippen MR) is 66.6 cm³/mol. The average molecular weight is 271 g/mol. The van der Waals surface area contributed by atoms with E-state index in [2.05, 4.69) is 0 Å². The zero-order valence-electron chi connectivity index (χ0n) is 10.1. The summed E-state index contributed by atoms with van der Waals surface area (Å²) < 4.78 is 29.4. The van der Waals surface area contributed by atoms with Crippen molar-refractivity contribution in [2.75, 3.05) is 6.54 Å². The standard InChI is InChI=1S/C12H17NO4S/c14-12(11-7-3-1-4-8-11)17-18(15,16)13-9-5-2-6-10-13/h2,5-6,9,11H,1,3-4,7-8,10H2. The summed E-state index contributed by atoms with van der Waals surface area (Å²) in [5.41, 5.74) is 0. The van der Waals surface area contributed by atoms with Crippen LogP contribution in [0.15, 0.2) is 24.4 Å². The monoisotopic (exact) mass is 271 g/mol. The zero-order valence-corrected chi connectivity index (χ0v) is 10.9. The summed E-state index contributed by atoms with van der Waals surface area (Å²) in [5, 5.41) is 0. The number of carbonyl (C=O) groups is 1. The van der Waals surface area contributed by atoms with Crippen LogP contribution in [-0.2, 0) is 19.3 Å². The summed E-state index contributed by atoms with van der Waals surface area (Å²) in [7, 11) is -3.99. The highest BCUT2D eigenvalue weighted by atomic mass is 32.2. The summed E-state index contributed by atoms with van der Waals surface area (Å²) in [5.74, 6) is -0.879. The molecular formula is C12H17NO4S. The summed E-state index contributed by atoms with van der Waals surface area (Å²) in [6, 6.07) is 0. The fourth-order valence-corrected chi connectivity index (χ4v) is 3.10. The van der Waals surface area contributed by atoms with Gasteiger partial charge in [0, 0.05) is 6.20 Å².